The first-order chi connectivity index (χ1) is 14.3. The van der Waals surface area contributed by atoms with Gasteiger partial charge in [0, 0.05) is 12.1 Å². The van der Waals surface area contributed by atoms with Crippen LogP contribution in [-0.2, 0) is 11.3 Å². The fourth-order valence-electron chi connectivity index (χ4n) is 8.54. The Morgan fingerprint density at radius 3 is 2.70 bits per heavy atom. The molecule has 1 heterocycles. The van der Waals surface area contributed by atoms with Gasteiger partial charge in [0.15, 0.2) is 5.78 Å². The molecule has 8 atom stereocenters. The highest BCUT2D eigenvalue weighted by Crippen LogP contribution is 2.67. The molecule has 0 radical (unpaired) electrons. The lowest BCUT2D eigenvalue weighted by molar-refractivity contribution is -0.140. The van der Waals surface area contributed by atoms with E-state index < -0.39 is 0 Å². The van der Waals surface area contributed by atoms with Crippen molar-refractivity contribution >= 4 is 5.78 Å². The van der Waals surface area contributed by atoms with E-state index in [1.807, 2.05) is 0 Å². The van der Waals surface area contributed by atoms with Crippen LogP contribution in [-0.4, -0.2) is 26.8 Å². The lowest BCUT2D eigenvalue weighted by atomic mass is 9.44. The molecule has 0 spiro atoms. The number of Topliss-reactive ketones (excluding diaryl/α,β-unsaturated/α-hetero) is 1. The van der Waals surface area contributed by atoms with E-state index in [9.17, 15) is 9.90 Å². The molecule has 4 aliphatic rings. The normalized spacial score (nSPS) is 45.1. The van der Waals surface area contributed by atoms with Crippen LogP contribution in [0.15, 0.2) is 12.4 Å². The number of nitrogens with zero attached hydrogens (tertiary/aromatic N) is 3. The van der Waals surface area contributed by atoms with Crippen molar-refractivity contribution in [3.8, 4) is 6.07 Å². The Kier molecular flexibility index (Phi) is 4.85. The minimum Gasteiger partial charge on any atom is -0.393 e. The maximum absolute atomic E-state index is 13.3. The number of carbonyl (C=O) groups excluding carboxylic acids is 1. The van der Waals surface area contributed by atoms with Crippen LogP contribution in [0.25, 0.3) is 0 Å². The van der Waals surface area contributed by atoms with Crippen LogP contribution in [0, 0.1) is 51.8 Å². The third kappa shape index (κ3) is 2.98. The number of hydrogen-bond acceptors (Lipinski definition) is 4. The van der Waals surface area contributed by atoms with Crippen LogP contribution < -0.4 is 0 Å². The van der Waals surface area contributed by atoms with E-state index in [2.05, 4.69) is 25.0 Å². The molecule has 5 heteroatoms. The minimum absolute atomic E-state index is 0.0918. The highest BCUT2D eigenvalue weighted by Gasteiger charge is 2.61. The number of aromatic nitrogens is 2. The molecular formula is C25H35N3O2. The Balaban J connectivity index is 1.34. The minimum atomic E-state index is -0.0918. The molecule has 5 rings (SSSR count). The van der Waals surface area contributed by atoms with Gasteiger partial charge in [0.2, 0.25) is 0 Å². The van der Waals surface area contributed by atoms with Gasteiger partial charge in [0.25, 0.3) is 0 Å². The highest BCUT2D eigenvalue weighted by atomic mass is 16.3. The van der Waals surface area contributed by atoms with Crippen LogP contribution in [0.4, 0.5) is 0 Å². The summed E-state index contributed by atoms with van der Waals surface area (Å²) in [6, 6.07) is 2.09. The smallest absolute Gasteiger partial charge is 0.157 e. The molecule has 0 bridgehead atoms. The van der Waals surface area contributed by atoms with Gasteiger partial charge in [0.1, 0.15) is 6.07 Å². The lowest BCUT2D eigenvalue weighted by Gasteiger charge is -2.60. The number of aliphatic hydroxyl groups excluding tert-OH is 1. The molecule has 0 saturated heterocycles. The Morgan fingerprint density at radius 1 is 1.17 bits per heavy atom. The molecule has 1 aromatic heterocycles. The SMILES string of the molecule is C[C@@]12CC[C@@H](O)C[C@H]1CC[C@@H]1[C@H]2CC[C@]2(C)[C@@H](C(=O)Cn3cc(C#N)cn3)CC[C@@H]12. The topological polar surface area (TPSA) is 78.9 Å². The molecule has 1 N–H and O–H groups in total. The number of ketones is 1. The molecule has 1 aromatic rings. The van der Waals surface area contributed by atoms with Crippen molar-refractivity contribution in [3.63, 3.8) is 0 Å². The summed E-state index contributed by atoms with van der Waals surface area (Å²) in [5, 5.41) is 23.4. The summed E-state index contributed by atoms with van der Waals surface area (Å²) in [6.45, 7) is 5.21. The molecule has 0 aliphatic heterocycles. The number of rotatable bonds is 3. The van der Waals surface area contributed by atoms with Gasteiger partial charge < -0.3 is 5.11 Å². The quantitative estimate of drug-likeness (QED) is 0.805. The Labute approximate surface area is 179 Å². The molecule has 30 heavy (non-hydrogen) atoms. The largest absolute Gasteiger partial charge is 0.393 e. The summed E-state index contributed by atoms with van der Waals surface area (Å²) in [6.07, 6.45) is 13.4. The second-order valence-corrected chi connectivity index (χ2v) is 11.3. The molecule has 4 saturated carbocycles. The van der Waals surface area contributed by atoms with Gasteiger partial charge in [-0.15, -0.1) is 0 Å². The first-order valence-corrected chi connectivity index (χ1v) is 12.0. The average molecular weight is 410 g/mol. The molecule has 5 nitrogen and oxygen atoms in total. The van der Waals surface area contributed by atoms with E-state index in [0.29, 0.717) is 35.1 Å². The van der Waals surface area contributed by atoms with Crippen molar-refractivity contribution in [2.45, 2.75) is 84.3 Å². The molecule has 0 unspecified atom stereocenters. The molecular weight excluding hydrogens is 374 g/mol. The predicted molar refractivity (Wildman–Crippen MR) is 113 cm³/mol. The standard InChI is InChI=1S/C25H35N3O2/c1-24-9-7-18(29)11-17(24)3-4-19-20-5-6-22(25(20,2)10-8-21(19)24)23(30)15-28-14-16(12-26)13-27-28/h13-14,17-22,29H,3-11,15H2,1-2H3/t17-,18-,19+,20+,21-,22-,24-,25+/m1/s1. The maximum atomic E-state index is 13.3. The second kappa shape index (κ2) is 7.19. The fraction of sp³-hybridized carbons (Fsp3) is 0.800. The van der Waals surface area contributed by atoms with E-state index in [1.165, 1.54) is 38.3 Å². The van der Waals surface area contributed by atoms with E-state index >= 15 is 0 Å². The van der Waals surface area contributed by atoms with Gasteiger partial charge in [-0.25, -0.2) is 0 Å². The van der Waals surface area contributed by atoms with Gasteiger partial charge >= 0.3 is 0 Å². The number of aliphatic hydroxyl groups is 1. The Bertz CT molecular complexity index is 872. The van der Waals surface area contributed by atoms with E-state index in [0.717, 1.165) is 37.5 Å². The van der Waals surface area contributed by atoms with Gasteiger partial charge in [0.05, 0.1) is 24.4 Å². The first-order valence-electron chi connectivity index (χ1n) is 12.0. The van der Waals surface area contributed by atoms with Crippen molar-refractivity contribution in [2.24, 2.45) is 40.4 Å². The zero-order valence-electron chi connectivity index (χ0n) is 18.4. The summed E-state index contributed by atoms with van der Waals surface area (Å²) in [4.78, 5) is 13.3. The number of carbonyl (C=O) groups is 1. The molecule has 0 amide bonds. The Morgan fingerprint density at radius 2 is 1.93 bits per heavy atom. The van der Waals surface area contributed by atoms with E-state index in [1.54, 1.807) is 10.9 Å². The third-order valence-corrected chi connectivity index (χ3v) is 10.1. The summed E-state index contributed by atoms with van der Waals surface area (Å²) >= 11 is 0. The average Bonchev–Trinajstić information content (AvgIpc) is 3.32. The summed E-state index contributed by atoms with van der Waals surface area (Å²) in [5.41, 5.74) is 1.01. The fourth-order valence-corrected chi connectivity index (χ4v) is 8.54. The van der Waals surface area contributed by atoms with Crippen LogP contribution in [0.2, 0.25) is 0 Å². The van der Waals surface area contributed by atoms with E-state index in [4.69, 9.17) is 5.26 Å². The zero-order chi connectivity index (χ0) is 21.1. The van der Waals surface area contributed by atoms with Crippen LogP contribution in [0.3, 0.4) is 0 Å². The van der Waals surface area contributed by atoms with Gasteiger partial charge in [-0.3, -0.25) is 9.48 Å². The van der Waals surface area contributed by atoms with Crippen LogP contribution >= 0.6 is 0 Å². The summed E-state index contributed by atoms with van der Waals surface area (Å²) in [5.74, 6) is 3.26. The Hall–Kier alpha value is -1.67. The monoisotopic (exact) mass is 409 g/mol. The third-order valence-electron chi connectivity index (χ3n) is 10.1. The number of hydrogen-bond donors (Lipinski definition) is 1. The van der Waals surface area contributed by atoms with Crippen molar-refractivity contribution in [1.29, 1.82) is 5.26 Å². The van der Waals surface area contributed by atoms with Crippen LogP contribution in [0.5, 0.6) is 0 Å². The van der Waals surface area contributed by atoms with Crippen molar-refractivity contribution in [1.82, 2.24) is 9.78 Å². The highest BCUT2D eigenvalue weighted by molar-refractivity contribution is 5.82. The van der Waals surface area contributed by atoms with Gasteiger partial charge in [-0.1, -0.05) is 13.8 Å². The van der Waals surface area contributed by atoms with Gasteiger partial charge in [-0.05, 0) is 92.3 Å². The van der Waals surface area contributed by atoms with E-state index in [-0.39, 0.29) is 17.4 Å². The molecule has 0 aromatic carbocycles. The lowest BCUT2D eigenvalue weighted by Crippen LogP contribution is -2.54. The van der Waals surface area contributed by atoms with Crippen molar-refractivity contribution in [3.05, 3.63) is 18.0 Å². The molecule has 162 valence electrons. The van der Waals surface area contributed by atoms with Crippen molar-refractivity contribution in [2.75, 3.05) is 0 Å². The summed E-state index contributed by atoms with van der Waals surface area (Å²) in [7, 11) is 0. The number of nitriles is 1. The van der Waals surface area contributed by atoms with Crippen molar-refractivity contribution < 1.29 is 9.90 Å². The first kappa shape index (κ1) is 20.2. The zero-order valence-corrected chi connectivity index (χ0v) is 18.4. The van der Waals surface area contributed by atoms with Crippen LogP contribution in [0.1, 0.15) is 77.2 Å². The predicted octanol–water partition coefficient (Wildman–Crippen LogP) is 4.34. The summed E-state index contributed by atoms with van der Waals surface area (Å²) < 4.78 is 1.64. The number of fused-ring (bicyclic) bond motifs is 5. The molecule has 4 aliphatic carbocycles. The maximum Gasteiger partial charge on any atom is 0.157 e. The second-order valence-electron chi connectivity index (χ2n) is 11.3. The van der Waals surface area contributed by atoms with Gasteiger partial charge in [-0.2, -0.15) is 10.4 Å². The molecule has 4 fully saturated rings.